The van der Waals surface area contributed by atoms with Gasteiger partial charge in [0.25, 0.3) is 0 Å². The van der Waals surface area contributed by atoms with Crippen LogP contribution in [0.1, 0.15) is 24.9 Å². The predicted molar refractivity (Wildman–Crippen MR) is 102 cm³/mol. The van der Waals surface area contributed by atoms with E-state index in [1.54, 1.807) is 24.3 Å². The fourth-order valence-electron chi connectivity index (χ4n) is 2.97. The van der Waals surface area contributed by atoms with Crippen LogP contribution in [0.4, 0.5) is 0 Å². The van der Waals surface area contributed by atoms with Crippen LogP contribution in [-0.4, -0.2) is 66.6 Å². The molecule has 14 nitrogen and oxygen atoms in total. The van der Waals surface area contributed by atoms with Gasteiger partial charge in [-0.05, 0) is 47.5 Å². The molecule has 166 valence electrons. The Bertz CT molecular complexity index is 1070. The summed E-state index contributed by atoms with van der Waals surface area (Å²) in [6, 6.07) is 4.75. The second kappa shape index (κ2) is 9.20. The lowest BCUT2D eigenvalue weighted by Gasteiger charge is -2.17. The van der Waals surface area contributed by atoms with E-state index in [1.807, 2.05) is 0 Å². The number of carbonyl (C=O) groups excluding carboxylic acids is 2. The lowest BCUT2D eigenvalue weighted by atomic mass is 10.1. The topological polar surface area (TPSA) is 166 Å². The minimum atomic E-state index is -0.962. The maximum absolute atomic E-state index is 12.4. The second-order valence-corrected chi connectivity index (χ2v) is 6.48. The molecule has 14 heteroatoms. The van der Waals surface area contributed by atoms with Gasteiger partial charge in [0.2, 0.25) is 11.6 Å². The average Bonchev–Trinajstić information content (AvgIpc) is 3.62. The molecule has 0 spiro atoms. The molecule has 2 unspecified atom stereocenters. The zero-order chi connectivity index (χ0) is 22.5. The van der Waals surface area contributed by atoms with E-state index in [-0.39, 0.29) is 24.5 Å². The first-order valence-electron chi connectivity index (χ1n) is 9.43. The highest BCUT2D eigenvalue weighted by Gasteiger charge is 2.31. The van der Waals surface area contributed by atoms with Crippen molar-refractivity contribution in [1.29, 1.82) is 0 Å². The molecule has 4 aromatic heterocycles. The Morgan fingerprint density at radius 1 is 0.844 bits per heavy atom. The van der Waals surface area contributed by atoms with Crippen LogP contribution in [0.25, 0.3) is 23.2 Å². The van der Waals surface area contributed by atoms with Crippen molar-refractivity contribution in [3.8, 4) is 23.2 Å². The van der Waals surface area contributed by atoms with Crippen LogP contribution in [0.15, 0.2) is 45.6 Å². The number of hydrogen-bond acceptors (Lipinski definition) is 12. The zero-order valence-corrected chi connectivity index (χ0v) is 17.1. The van der Waals surface area contributed by atoms with Crippen LogP contribution < -0.4 is 0 Å². The summed E-state index contributed by atoms with van der Waals surface area (Å²) in [7, 11) is 2.48. The van der Waals surface area contributed by atoms with E-state index in [4.69, 9.17) is 18.3 Å². The Morgan fingerprint density at radius 2 is 1.28 bits per heavy atom. The normalized spacial score (nSPS) is 12.9. The first-order chi connectivity index (χ1) is 15.6. The first kappa shape index (κ1) is 20.9. The molecule has 4 heterocycles. The van der Waals surface area contributed by atoms with Crippen molar-refractivity contribution in [2.45, 2.75) is 24.9 Å². The zero-order valence-electron chi connectivity index (χ0n) is 17.1. The van der Waals surface area contributed by atoms with Gasteiger partial charge in [0.1, 0.15) is 0 Å². The Morgan fingerprint density at radius 3 is 1.62 bits per heavy atom. The van der Waals surface area contributed by atoms with Crippen LogP contribution in [0, 0.1) is 0 Å². The molecule has 0 aliphatic carbocycles. The summed E-state index contributed by atoms with van der Waals surface area (Å²) in [5, 5.41) is 24.1. The molecule has 2 atom stereocenters. The van der Waals surface area contributed by atoms with Crippen molar-refractivity contribution in [2.75, 3.05) is 14.2 Å². The largest absolute Gasteiger partial charge is 0.467 e. The summed E-state index contributed by atoms with van der Waals surface area (Å²) in [6.07, 6.45) is 3.13. The maximum atomic E-state index is 12.4. The molecule has 0 N–H and O–H groups in total. The summed E-state index contributed by atoms with van der Waals surface area (Å²) in [5.74, 6) is -0.0299. The van der Waals surface area contributed by atoms with E-state index in [0.29, 0.717) is 11.5 Å². The Labute approximate surface area is 180 Å². The van der Waals surface area contributed by atoms with Gasteiger partial charge in [0, 0.05) is 0 Å². The maximum Gasteiger partial charge on any atom is 0.332 e. The number of nitrogens with zero attached hydrogens (tertiary/aromatic N) is 8. The fourth-order valence-corrected chi connectivity index (χ4v) is 2.97. The Hall–Kier alpha value is -4.36. The van der Waals surface area contributed by atoms with Crippen LogP contribution in [0.3, 0.4) is 0 Å². The van der Waals surface area contributed by atoms with Gasteiger partial charge in [0.15, 0.2) is 23.6 Å². The third-order valence-corrected chi connectivity index (χ3v) is 4.56. The number of esters is 2. The van der Waals surface area contributed by atoms with Crippen LogP contribution >= 0.6 is 0 Å². The van der Waals surface area contributed by atoms with E-state index < -0.39 is 24.0 Å². The van der Waals surface area contributed by atoms with Gasteiger partial charge >= 0.3 is 11.9 Å². The molecular weight excluding hydrogens is 424 g/mol. The SMILES string of the molecule is COC(=O)C(CCC(C(=O)OC)n1nnc(-c2ccco2)n1)n1nnc(-c2ccco2)n1. The number of tetrazole rings is 2. The van der Waals surface area contributed by atoms with E-state index in [2.05, 4.69) is 30.8 Å². The average molecular weight is 442 g/mol. The van der Waals surface area contributed by atoms with E-state index in [9.17, 15) is 9.59 Å². The van der Waals surface area contributed by atoms with Crippen molar-refractivity contribution >= 4 is 11.9 Å². The summed E-state index contributed by atoms with van der Waals surface area (Å²) >= 11 is 0. The minimum Gasteiger partial charge on any atom is -0.467 e. The van der Waals surface area contributed by atoms with Gasteiger partial charge in [-0.3, -0.25) is 0 Å². The molecule has 4 rings (SSSR count). The molecular formula is C18H18N8O6. The predicted octanol–water partition coefficient (Wildman–Crippen LogP) is 1.09. The number of furan rings is 2. The van der Waals surface area contributed by atoms with E-state index in [1.165, 1.54) is 26.7 Å². The highest BCUT2D eigenvalue weighted by molar-refractivity contribution is 5.75. The molecule has 0 amide bonds. The number of aromatic nitrogens is 8. The van der Waals surface area contributed by atoms with E-state index in [0.717, 1.165) is 9.59 Å². The first-order valence-corrected chi connectivity index (χ1v) is 9.43. The molecule has 0 radical (unpaired) electrons. The van der Waals surface area contributed by atoms with Crippen molar-refractivity contribution in [3.05, 3.63) is 36.8 Å². The van der Waals surface area contributed by atoms with Gasteiger partial charge in [-0.25, -0.2) is 9.59 Å². The molecule has 0 aliphatic rings. The molecule has 0 saturated carbocycles. The standard InChI is InChI=1S/C18H18N8O6/c1-29-17(27)11(25-21-15(19-23-25)13-5-3-9-31-13)7-8-12(18(28)30-2)26-22-16(20-24-26)14-6-4-10-32-14/h3-6,9-12H,7-8H2,1-2H3. The van der Waals surface area contributed by atoms with Gasteiger partial charge < -0.3 is 18.3 Å². The van der Waals surface area contributed by atoms with Crippen molar-refractivity contribution in [1.82, 2.24) is 40.4 Å². The summed E-state index contributed by atoms with van der Waals surface area (Å²) in [5.41, 5.74) is 0. The van der Waals surface area contributed by atoms with Gasteiger partial charge in [0.05, 0.1) is 26.7 Å². The minimum absolute atomic E-state index is 0.0953. The Balaban J connectivity index is 1.54. The molecule has 0 fully saturated rings. The van der Waals surface area contributed by atoms with Crippen molar-refractivity contribution in [3.63, 3.8) is 0 Å². The highest BCUT2D eigenvalue weighted by atomic mass is 16.5. The monoisotopic (exact) mass is 442 g/mol. The molecule has 0 aliphatic heterocycles. The smallest absolute Gasteiger partial charge is 0.332 e. The van der Waals surface area contributed by atoms with Crippen LogP contribution in [0.2, 0.25) is 0 Å². The van der Waals surface area contributed by atoms with Gasteiger partial charge in [-0.15, -0.1) is 30.0 Å². The van der Waals surface area contributed by atoms with Gasteiger partial charge in [-0.2, -0.15) is 0 Å². The fraction of sp³-hybridized carbons (Fsp3) is 0.333. The van der Waals surface area contributed by atoms with Crippen molar-refractivity contribution in [2.24, 2.45) is 0 Å². The van der Waals surface area contributed by atoms with Crippen molar-refractivity contribution < 1.29 is 27.9 Å². The number of carbonyl (C=O) groups is 2. The number of hydrogen-bond donors (Lipinski definition) is 0. The van der Waals surface area contributed by atoms with Crippen LogP contribution in [0.5, 0.6) is 0 Å². The highest BCUT2D eigenvalue weighted by Crippen LogP contribution is 2.23. The van der Waals surface area contributed by atoms with E-state index >= 15 is 0 Å². The number of methoxy groups -OCH3 is 2. The lowest BCUT2D eigenvalue weighted by molar-refractivity contribution is -0.148. The van der Waals surface area contributed by atoms with Gasteiger partial charge in [-0.1, -0.05) is 0 Å². The summed E-state index contributed by atoms with van der Waals surface area (Å²) in [6.45, 7) is 0. The summed E-state index contributed by atoms with van der Waals surface area (Å²) < 4.78 is 20.2. The lowest BCUT2D eigenvalue weighted by Crippen LogP contribution is -2.28. The quantitative estimate of drug-likeness (QED) is 0.339. The van der Waals surface area contributed by atoms with Crippen LogP contribution in [-0.2, 0) is 19.1 Å². The molecule has 0 aromatic carbocycles. The Kier molecular flexibility index (Phi) is 6.00. The third kappa shape index (κ3) is 4.23. The molecule has 0 bridgehead atoms. The molecule has 0 saturated heterocycles. The molecule has 32 heavy (non-hydrogen) atoms. The second-order valence-electron chi connectivity index (χ2n) is 6.48. The summed E-state index contributed by atoms with van der Waals surface area (Å²) in [4.78, 5) is 27.0. The third-order valence-electron chi connectivity index (χ3n) is 4.56. The number of rotatable bonds is 9. The number of ether oxygens (including phenoxy) is 2. The molecule has 4 aromatic rings.